The lowest BCUT2D eigenvalue weighted by atomic mass is 9.72. The van der Waals surface area contributed by atoms with Gasteiger partial charge in [0, 0.05) is 10.6 Å². The molecule has 0 saturated heterocycles. The van der Waals surface area contributed by atoms with E-state index in [0.717, 1.165) is 58.2 Å². The number of ether oxygens (including phenoxy) is 1. The van der Waals surface area contributed by atoms with Gasteiger partial charge in [-0.25, -0.2) is 4.98 Å². The number of rotatable bonds is 9. The first-order valence-corrected chi connectivity index (χ1v) is 14.5. The lowest BCUT2D eigenvalue weighted by Gasteiger charge is -2.33. The van der Waals surface area contributed by atoms with Gasteiger partial charge in [0.2, 0.25) is 0 Å². The Morgan fingerprint density at radius 2 is 1.88 bits per heavy atom. The molecule has 0 saturated carbocycles. The van der Waals surface area contributed by atoms with Crippen LogP contribution in [-0.2, 0) is 12.8 Å². The van der Waals surface area contributed by atoms with Gasteiger partial charge < -0.3 is 4.74 Å². The molecule has 1 atom stereocenters. The predicted molar refractivity (Wildman–Crippen MR) is 146 cm³/mol. The Morgan fingerprint density at radius 3 is 2.56 bits per heavy atom. The van der Waals surface area contributed by atoms with Crippen molar-refractivity contribution in [3.05, 3.63) is 45.1 Å². The molecule has 2 aromatic heterocycles. The first kappa shape index (κ1) is 25.3. The van der Waals surface area contributed by atoms with E-state index in [0.29, 0.717) is 5.92 Å². The molecule has 0 N–H and O–H groups in total. The molecule has 6 heteroatoms. The number of benzene rings is 1. The molecule has 1 aliphatic carbocycles. The Balaban J connectivity index is 1.73. The van der Waals surface area contributed by atoms with E-state index in [1.165, 1.54) is 36.1 Å². The Kier molecular flexibility index (Phi) is 8.08. The minimum atomic E-state index is 0.0790. The van der Waals surface area contributed by atoms with Crippen LogP contribution in [0.3, 0.4) is 0 Å². The van der Waals surface area contributed by atoms with E-state index in [1.807, 2.05) is 28.8 Å². The molecule has 34 heavy (non-hydrogen) atoms. The van der Waals surface area contributed by atoms with Crippen molar-refractivity contribution in [3.8, 4) is 11.4 Å². The number of aryl methyl sites for hydroxylation is 1. The first-order chi connectivity index (χ1) is 16.3. The minimum Gasteiger partial charge on any atom is -0.497 e. The van der Waals surface area contributed by atoms with Crippen molar-refractivity contribution < 1.29 is 4.74 Å². The van der Waals surface area contributed by atoms with Crippen LogP contribution < -0.4 is 10.3 Å². The van der Waals surface area contributed by atoms with Crippen LogP contribution in [0.1, 0.15) is 76.7 Å². The van der Waals surface area contributed by atoms with Gasteiger partial charge in [-0.3, -0.25) is 9.36 Å². The quantitative estimate of drug-likeness (QED) is 0.172. The molecule has 4 rings (SSSR count). The van der Waals surface area contributed by atoms with Crippen molar-refractivity contribution in [3.63, 3.8) is 0 Å². The fourth-order valence-corrected chi connectivity index (χ4v) is 7.22. The number of aromatic nitrogens is 2. The third-order valence-electron chi connectivity index (χ3n) is 7.09. The summed E-state index contributed by atoms with van der Waals surface area (Å²) in [5.74, 6) is 2.42. The highest BCUT2D eigenvalue weighted by molar-refractivity contribution is 7.99. The number of hydrogen-bond donors (Lipinski definition) is 0. The van der Waals surface area contributed by atoms with Crippen molar-refractivity contribution in [2.45, 2.75) is 84.2 Å². The van der Waals surface area contributed by atoms with Crippen molar-refractivity contribution in [1.29, 1.82) is 0 Å². The highest BCUT2D eigenvalue weighted by Gasteiger charge is 2.32. The van der Waals surface area contributed by atoms with E-state index < -0.39 is 0 Å². The average molecular weight is 499 g/mol. The zero-order chi connectivity index (χ0) is 24.3. The molecule has 0 radical (unpaired) electrons. The molecular weight excluding hydrogens is 460 g/mol. The van der Waals surface area contributed by atoms with Gasteiger partial charge in [0.15, 0.2) is 5.16 Å². The van der Waals surface area contributed by atoms with Crippen LogP contribution in [0, 0.1) is 11.3 Å². The maximum absolute atomic E-state index is 14.0. The van der Waals surface area contributed by atoms with Gasteiger partial charge in [-0.1, -0.05) is 65.1 Å². The number of fused-ring (bicyclic) bond motifs is 3. The van der Waals surface area contributed by atoms with Gasteiger partial charge in [-0.05, 0) is 66.8 Å². The van der Waals surface area contributed by atoms with Gasteiger partial charge >= 0.3 is 0 Å². The topological polar surface area (TPSA) is 44.1 Å². The molecule has 0 unspecified atom stereocenters. The van der Waals surface area contributed by atoms with Crippen LogP contribution in [0.2, 0.25) is 0 Å². The Hall–Kier alpha value is -1.79. The van der Waals surface area contributed by atoms with Crippen molar-refractivity contribution in [2.24, 2.45) is 11.3 Å². The van der Waals surface area contributed by atoms with Gasteiger partial charge in [0.1, 0.15) is 10.6 Å². The zero-order valence-electron chi connectivity index (χ0n) is 21.3. The number of thioether (sulfide) groups is 1. The Bertz CT molecular complexity index is 1170. The summed E-state index contributed by atoms with van der Waals surface area (Å²) in [7, 11) is 1.66. The van der Waals surface area contributed by atoms with E-state index in [9.17, 15) is 4.79 Å². The fraction of sp³-hybridized carbons (Fsp3) is 0.571. The molecule has 0 amide bonds. The molecule has 0 spiro atoms. The summed E-state index contributed by atoms with van der Waals surface area (Å²) in [5, 5.41) is 1.65. The Labute approximate surface area is 212 Å². The second kappa shape index (κ2) is 10.9. The maximum Gasteiger partial charge on any atom is 0.267 e. The summed E-state index contributed by atoms with van der Waals surface area (Å²) < 4.78 is 7.17. The van der Waals surface area contributed by atoms with Crippen LogP contribution in [0.25, 0.3) is 15.9 Å². The number of thiophene rings is 1. The second-order valence-electron chi connectivity index (χ2n) is 10.5. The average Bonchev–Trinajstić information content (AvgIpc) is 3.19. The number of methoxy groups -OCH3 is 1. The second-order valence-corrected chi connectivity index (χ2v) is 12.6. The maximum atomic E-state index is 14.0. The normalized spacial score (nSPS) is 16.1. The molecule has 0 fully saturated rings. The van der Waals surface area contributed by atoms with E-state index in [2.05, 4.69) is 27.7 Å². The van der Waals surface area contributed by atoms with Gasteiger partial charge in [0.05, 0.1) is 18.2 Å². The van der Waals surface area contributed by atoms with Crippen molar-refractivity contribution in [2.75, 3.05) is 12.9 Å². The number of nitrogens with zero attached hydrogens (tertiary/aromatic N) is 2. The third kappa shape index (κ3) is 5.38. The van der Waals surface area contributed by atoms with Gasteiger partial charge in [0.25, 0.3) is 5.56 Å². The first-order valence-electron chi connectivity index (χ1n) is 12.7. The lowest BCUT2D eigenvalue weighted by Crippen LogP contribution is -2.27. The van der Waals surface area contributed by atoms with Crippen molar-refractivity contribution in [1.82, 2.24) is 9.55 Å². The molecule has 184 valence electrons. The zero-order valence-corrected chi connectivity index (χ0v) is 22.9. The molecule has 1 aromatic carbocycles. The van der Waals surface area contributed by atoms with Crippen LogP contribution in [0.15, 0.2) is 34.2 Å². The smallest absolute Gasteiger partial charge is 0.267 e. The lowest BCUT2D eigenvalue weighted by molar-refractivity contribution is 0.218. The van der Waals surface area contributed by atoms with Gasteiger partial charge in [-0.15, -0.1) is 11.3 Å². The summed E-state index contributed by atoms with van der Waals surface area (Å²) in [6.45, 7) is 9.24. The van der Waals surface area contributed by atoms with Crippen LogP contribution in [0.4, 0.5) is 0 Å². The van der Waals surface area contributed by atoms with E-state index in [4.69, 9.17) is 9.72 Å². The summed E-state index contributed by atoms with van der Waals surface area (Å²) in [5.41, 5.74) is 2.47. The summed E-state index contributed by atoms with van der Waals surface area (Å²) in [4.78, 5) is 21.4. The highest BCUT2D eigenvalue weighted by atomic mass is 32.2. The Morgan fingerprint density at radius 1 is 1.15 bits per heavy atom. The molecule has 0 bridgehead atoms. The molecule has 0 aliphatic heterocycles. The highest BCUT2D eigenvalue weighted by Crippen LogP contribution is 2.42. The SMILES string of the molecule is CCCCCCCSc1nc2sc3c(c2c(=O)n1-c1ccc(OC)cc1)CC[C@@H](C(C)(C)C)C3. The van der Waals surface area contributed by atoms with Crippen LogP contribution in [-0.4, -0.2) is 22.4 Å². The molecule has 4 nitrogen and oxygen atoms in total. The predicted octanol–water partition coefficient (Wildman–Crippen LogP) is 7.67. The molecule has 3 aromatic rings. The minimum absolute atomic E-state index is 0.0790. The van der Waals surface area contributed by atoms with Crippen molar-refractivity contribution >= 4 is 33.3 Å². The van der Waals surface area contributed by atoms with Crippen LogP contribution >= 0.6 is 23.1 Å². The summed E-state index contributed by atoms with van der Waals surface area (Å²) in [6, 6.07) is 7.77. The molecular formula is C28H38N2O2S2. The van der Waals surface area contributed by atoms with E-state index >= 15 is 0 Å². The van der Waals surface area contributed by atoms with Crippen LogP contribution in [0.5, 0.6) is 5.75 Å². The third-order valence-corrected chi connectivity index (χ3v) is 9.26. The fourth-order valence-electron chi connectivity index (χ4n) is 4.87. The molecule has 2 heterocycles. The van der Waals surface area contributed by atoms with Gasteiger partial charge in [-0.2, -0.15) is 0 Å². The number of unbranched alkanes of at least 4 members (excludes halogenated alkanes) is 4. The summed E-state index contributed by atoms with van der Waals surface area (Å²) in [6.07, 6.45) is 9.37. The monoisotopic (exact) mass is 498 g/mol. The summed E-state index contributed by atoms with van der Waals surface area (Å²) >= 11 is 3.47. The molecule has 1 aliphatic rings. The van der Waals surface area contributed by atoms with E-state index in [1.54, 1.807) is 30.2 Å². The largest absolute Gasteiger partial charge is 0.497 e. The standard InChI is InChI=1S/C28H38N2O2S2/c1-6-7-8-9-10-17-33-27-29-25-24(22-16-11-19(28(2,3)4)18-23(22)34-25)26(31)30(27)20-12-14-21(32-5)15-13-20/h12-15,19H,6-11,16-18H2,1-5H3/t19-/m1/s1. The van der Waals surface area contributed by atoms with E-state index in [-0.39, 0.29) is 11.0 Å². The number of hydrogen-bond acceptors (Lipinski definition) is 5.